The average Bonchev–Trinajstić information content (AvgIpc) is 3.39. The molecule has 0 aliphatic heterocycles. The van der Waals surface area contributed by atoms with E-state index in [4.69, 9.17) is 37.1 Å². The predicted molar refractivity (Wildman–Crippen MR) is 112 cm³/mol. The molecule has 4 rings (SSSR count). The van der Waals surface area contributed by atoms with Crippen molar-refractivity contribution < 1.29 is 18.7 Å². The van der Waals surface area contributed by atoms with Crippen LogP contribution in [0.5, 0.6) is 0 Å². The summed E-state index contributed by atoms with van der Waals surface area (Å²) < 4.78 is 11.2. The molecule has 2 aromatic heterocycles. The van der Waals surface area contributed by atoms with Gasteiger partial charge in [0.25, 0.3) is 5.91 Å². The molecule has 146 valence electrons. The molecule has 0 spiro atoms. The fourth-order valence-electron chi connectivity index (χ4n) is 2.85. The van der Waals surface area contributed by atoms with E-state index >= 15 is 0 Å². The van der Waals surface area contributed by atoms with Crippen molar-refractivity contribution in [1.29, 1.82) is 0 Å². The second kappa shape index (κ2) is 8.17. The van der Waals surface area contributed by atoms with Crippen molar-refractivity contribution in [1.82, 2.24) is 0 Å². The molecular weight excluding hydrogens is 413 g/mol. The Bertz CT molecular complexity index is 1180. The summed E-state index contributed by atoms with van der Waals surface area (Å²) >= 11 is 12.3. The summed E-state index contributed by atoms with van der Waals surface area (Å²) in [5.74, 6) is 1.23. The lowest BCUT2D eigenvalue weighted by Gasteiger charge is -2.07. The minimum Gasteiger partial charge on any atom is -0.459 e. The molecule has 1 amide bonds. The molecule has 0 bridgehead atoms. The summed E-state index contributed by atoms with van der Waals surface area (Å²) in [4.78, 5) is 12.6. The van der Waals surface area contributed by atoms with Gasteiger partial charge in [-0.15, -0.1) is 0 Å². The van der Waals surface area contributed by atoms with Crippen molar-refractivity contribution in [3.8, 4) is 22.6 Å². The SMILES string of the molecule is O=C(Nc1ccc(Cl)c(-c2ccc(CO)o2)c1)c1ccc(-c2cccc(Cl)c2)o1. The predicted octanol–water partition coefficient (Wildman–Crippen LogP) is 6.26. The standard InChI is InChI=1S/C22H15Cl2NO4/c23-14-3-1-2-13(10-14)19-8-9-21(29-19)22(27)25-15-4-6-18(24)17(11-15)20-7-5-16(12-26)28-20/h1-11,26H,12H2,(H,25,27). The third kappa shape index (κ3) is 4.22. The third-order valence-corrected chi connectivity index (χ3v) is 4.81. The molecule has 7 heteroatoms. The summed E-state index contributed by atoms with van der Waals surface area (Å²) in [5.41, 5.74) is 1.91. The number of amides is 1. The van der Waals surface area contributed by atoms with Gasteiger partial charge in [-0.3, -0.25) is 4.79 Å². The summed E-state index contributed by atoms with van der Waals surface area (Å²) in [7, 11) is 0. The van der Waals surface area contributed by atoms with Crippen LogP contribution in [-0.4, -0.2) is 11.0 Å². The van der Waals surface area contributed by atoms with Gasteiger partial charge in [-0.05, 0) is 54.6 Å². The number of halogens is 2. The van der Waals surface area contributed by atoms with Gasteiger partial charge in [0.05, 0.1) is 5.02 Å². The lowest BCUT2D eigenvalue weighted by Crippen LogP contribution is -2.10. The van der Waals surface area contributed by atoms with Crippen LogP contribution in [-0.2, 0) is 6.61 Å². The van der Waals surface area contributed by atoms with E-state index in [-0.39, 0.29) is 12.4 Å². The smallest absolute Gasteiger partial charge is 0.291 e. The van der Waals surface area contributed by atoms with E-state index in [1.54, 1.807) is 54.6 Å². The summed E-state index contributed by atoms with van der Waals surface area (Å²) in [6.07, 6.45) is 0. The number of hydrogen-bond acceptors (Lipinski definition) is 4. The monoisotopic (exact) mass is 427 g/mol. The van der Waals surface area contributed by atoms with E-state index in [1.807, 2.05) is 12.1 Å². The number of anilines is 1. The van der Waals surface area contributed by atoms with Gasteiger partial charge in [0.15, 0.2) is 5.76 Å². The van der Waals surface area contributed by atoms with Gasteiger partial charge < -0.3 is 19.3 Å². The maximum Gasteiger partial charge on any atom is 0.291 e. The Labute approximate surface area is 176 Å². The number of carbonyl (C=O) groups excluding carboxylic acids is 1. The second-order valence-corrected chi connectivity index (χ2v) is 7.09. The molecule has 0 atom stereocenters. The van der Waals surface area contributed by atoms with Gasteiger partial charge in [-0.1, -0.05) is 35.3 Å². The fourth-order valence-corrected chi connectivity index (χ4v) is 3.25. The van der Waals surface area contributed by atoms with Crippen LogP contribution < -0.4 is 5.32 Å². The molecule has 0 fully saturated rings. The first-order valence-electron chi connectivity index (χ1n) is 8.70. The minimum absolute atomic E-state index is 0.164. The maximum atomic E-state index is 12.6. The molecule has 0 aliphatic carbocycles. The molecular formula is C22H15Cl2NO4. The molecule has 0 saturated carbocycles. The molecule has 2 N–H and O–H groups in total. The van der Waals surface area contributed by atoms with Gasteiger partial charge in [0.1, 0.15) is 23.9 Å². The van der Waals surface area contributed by atoms with Crippen molar-refractivity contribution in [3.05, 3.63) is 88.3 Å². The molecule has 2 aromatic carbocycles. The number of rotatable bonds is 5. The molecule has 2 heterocycles. The second-order valence-electron chi connectivity index (χ2n) is 6.25. The summed E-state index contributed by atoms with van der Waals surface area (Å²) in [6, 6.07) is 18.9. The van der Waals surface area contributed by atoms with Gasteiger partial charge in [-0.2, -0.15) is 0 Å². The Morgan fingerprint density at radius 3 is 2.52 bits per heavy atom. The van der Waals surface area contributed by atoms with Crippen LogP contribution in [0.1, 0.15) is 16.3 Å². The highest BCUT2D eigenvalue weighted by Crippen LogP contribution is 2.32. The first-order valence-corrected chi connectivity index (χ1v) is 9.46. The number of nitrogens with one attached hydrogen (secondary N) is 1. The molecule has 0 saturated heterocycles. The highest BCUT2D eigenvalue weighted by Gasteiger charge is 2.15. The van der Waals surface area contributed by atoms with Crippen molar-refractivity contribution in [3.63, 3.8) is 0 Å². The van der Waals surface area contributed by atoms with Gasteiger partial charge in [0.2, 0.25) is 0 Å². The zero-order chi connectivity index (χ0) is 20.4. The summed E-state index contributed by atoms with van der Waals surface area (Å²) in [6.45, 7) is -0.207. The average molecular weight is 428 g/mol. The lowest BCUT2D eigenvalue weighted by atomic mass is 10.1. The largest absolute Gasteiger partial charge is 0.459 e. The molecule has 0 aliphatic rings. The molecule has 0 unspecified atom stereocenters. The van der Waals surface area contributed by atoms with E-state index in [9.17, 15) is 4.79 Å². The molecule has 29 heavy (non-hydrogen) atoms. The third-order valence-electron chi connectivity index (χ3n) is 4.25. The molecule has 4 aromatic rings. The van der Waals surface area contributed by atoms with Crippen LogP contribution >= 0.6 is 23.2 Å². The fraction of sp³-hybridized carbons (Fsp3) is 0.0455. The van der Waals surface area contributed by atoms with Crippen molar-refractivity contribution >= 4 is 34.8 Å². The summed E-state index contributed by atoms with van der Waals surface area (Å²) in [5, 5.41) is 13.0. The quantitative estimate of drug-likeness (QED) is 0.394. The van der Waals surface area contributed by atoms with Gasteiger partial charge >= 0.3 is 0 Å². The number of hydrogen-bond donors (Lipinski definition) is 2. The number of carbonyl (C=O) groups is 1. The Kier molecular flexibility index (Phi) is 5.45. The van der Waals surface area contributed by atoms with Gasteiger partial charge in [0, 0.05) is 21.8 Å². The van der Waals surface area contributed by atoms with E-state index in [2.05, 4.69) is 5.32 Å². The molecule has 0 radical (unpaired) electrons. The van der Waals surface area contributed by atoms with E-state index in [0.717, 1.165) is 5.56 Å². The minimum atomic E-state index is -0.401. The zero-order valence-corrected chi connectivity index (χ0v) is 16.5. The maximum absolute atomic E-state index is 12.6. The van der Waals surface area contributed by atoms with E-state index in [0.29, 0.717) is 38.6 Å². The highest BCUT2D eigenvalue weighted by atomic mass is 35.5. The van der Waals surface area contributed by atoms with Crippen molar-refractivity contribution in [2.45, 2.75) is 6.61 Å². The topological polar surface area (TPSA) is 75.6 Å². The molecule has 5 nitrogen and oxygen atoms in total. The number of aliphatic hydroxyl groups is 1. The Balaban J connectivity index is 1.55. The number of aliphatic hydroxyl groups excluding tert-OH is 1. The highest BCUT2D eigenvalue weighted by molar-refractivity contribution is 6.33. The van der Waals surface area contributed by atoms with Crippen LogP contribution in [0.15, 0.2) is 75.6 Å². The lowest BCUT2D eigenvalue weighted by molar-refractivity contribution is 0.0997. The van der Waals surface area contributed by atoms with E-state index in [1.165, 1.54) is 0 Å². The number of furan rings is 2. The zero-order valence-electron chi connectivity index (χ0n) is 15.0. The number of benzene rings is 2. The van der Waals surface area contributed by atoms with Gasteiger partial charge in [-0.25, -0.2) is 0 Å². The van der Waals surface area contributed by atoms with Crippen LogP contribution in [0.2, 0.25) is 10.0 Å². The van der Waals surface area contributed by atoms with Crippen molar-refractivity contribution in [2.24, 2.45) is 0 Å². The Hall–Kier alpha value is -2.99. The van der Waals surface area contributed by atoms with Crippen LogP contribution in [0, 0.1) is 0 Å². The normalized spacial score (nSPS) is 10.9. The van der Waals surface area contributed by atoms with Crippen molar-refractivity contribution in [2.75, 3.05) is 5.32 Å². The van der Waals surface area contributed by atoms with Crippen LogP contribution in [0.3, 0.4) is 0 Å². The first-order chi connectivity index (χ1) is 14.0. The van der Waals surface area contributed by atoms with Crippen LogP contribution in [0.25, 0.3) is 22.6 Å². The van der Waals surface area contributed by atoms with Crippen LogP contribution in [0.4, 0.5) is 5.69 Å². The Morgan fingerprint density at radius 2 is 1.76 bits per heavy atom. The Morgan fingerprint density at radius 1 is 0.931 bits per heavy atom. The van der Waals surface area contributed by atoms with E-state index < -0.39 is 5.91 Å². The first kappa shape index (κ1) is 19.3.